The number of thiophene rings is 1. The van der Waals surface area contributed by atoms with E-state index in [0.29, 0.717) is 47.6 Å². The Morgan fingerprint density at radius 2 is 1.89 bits per heavy atom. The zero-order valence-electron chi connectivity index (χ0n) is 22.3. The number of amides is 1. The molecule has 1 N–H and O–H groups in total. The number of carbonyl (C=O) groups is 2. The van der Waals surface area contributed by atoms with Crippen LogP contribution in [0.1, 0.15) is 59.1 Å². The lowest BCUT2D eigenvalue weighted by Crippen LogP contribution is -2.54. The zero-order chi connectivity index (χ0) is 26.9. The van der Waals surface area contributed by atoms with E-state index in [1.54, 1.807) is 13.0 Å². The molecule has 0 bridgehead atoms. The molecule has 1 fully saturated rings. The van der Waals surface area contributed by atoms with E-state index in [9.17, 15) is 18.0 Å². The summed E-state index contributed by atoms with van der Waals surface area (Å²) in [5.41, 5.74) is 3.14. The number of anilines is 1. The molecule has 37 heavy (non-hydrogen) atoms. The first-order valence-corrected chi connectivity index (χ1v) is 15.2. The van der Waals surface area contributed by atoms with Crippen molar-refractivity contribution in [2.24, 2.45) is 5.92 Å². The van der Waals surface area contributed by atoms with Gasteiger partial charge in [-0.15, -0.1) is 11.3 Å². The first-order valence-electron chi connectivity index (χ1n) is 13.0. The number of ether oxygens (including phenoxy) is 1. The summed E-state index contributed by atoms with van der Waals surface area (Å²) < 4.78 is 33.4. The lowest BCUT2D eigenvalue weighted by Gasteiger charge is -2.36. The van der Waals surface area contributed by atoms with Crippen molar-refractivity contribution in [2.45, 2.75) is 64.8 Å². The largest absolute Gasteiger partial charge is 0.462 e. The maximum Gasteiger partial charge on any atom is 0.341 e. The van der Waals surface area contributed by atoms with E-state index in [1.807, 2.05) is 37.8 Å². The minimum Gasteiger partial charge on any atom is -0.462 e. The topological polar surface area (TPSA) is 96.0 Å². The van der Waals surface area contributed by atoms with Crippen LogP contribution in [0.25, 0.3) is 0 Å². The van der Waals surface area contributed by atoms with Gasteiger partial charge in [-0.3, -0.25) is 9.69 Å². The predicted octanol–water partition coefficient (Wildman–Crippen LogP) is 4.00. The molecule has 202 valence electrons. The number of esters is 1. The van der Waals surface area contributed by atoms with Crippen molar-refractivity contribution in [1.82, 2.24) is 9.21 Å². The molecule has 1 aromatic heterocycles. The fourth-order valence-electron chi connectivity index (χ4n) is 5.10. The molecule has 1 aromatic carbocycles. The minimum absolute atomic E-state index is 0.206. The first kappa shape index (κ1) is 27.8. The van der Waals surface area contributed by atoms with Gasteiger partial charge >= 0.3 is 5.97 Å². The Bertz CT molecular complexity index is 1280. The number of sulfonamides is 1. The van der Waals surface area contributed by atoms with Crippen molar-refractivity contribution in [1.29, 1.82) is 0 Å². The lowest BCUT2D eigenvalue weighted by molar-refractivity contribution is -0.121. The molecule has 2 aliphatic rings. The Morgan fingerprint density at radius 3 is 2.57 bits per heavy atom. The highest BCUT2D eigenvalue weighted by atomic mass is 32.2. The third kappa shape index (κ3) is 5.77. The van der Waals surface area contributed by atoms with Gasteiger partial charge in [-0.2, -0.15) is 4.31 Å². The maximum absolute atomic E-state index is 13.3. The number of piperazine rings is 1. The summed E-state index contributed by atoms with van der Waals surface area (Å²) in [6.07, 6.45) is 2.72. The average Bonchev–Trinajstić information content (AvgIpc) is 3.21. The van der Waals surface area contributed by atoms with Crippen molar-refractivity contribution in [2.75, 3.05) is 38.1 Å². The van der Waals surface area contributed by atoms with Crippen molar-refractivity contribution in [3.63, 3.8) is 0 Å². The van der Waals surface area contributed by atoms with Gasteiger partial charge in [0.1, 0.15) is 5.00 Å². The number of aryl methyl sites for hydroxylation is 2. The van der Waals surface area contributed by atoms with Crippen LogP contribution < -0.4 is 5.32 Å². The highest BCUT2D eigenvalue weighted by Gasteiger charge is 2.34. The molecule has 0 unspecified atom stereocenters. The number of nitrogens with zero attached hydrogens (tertiary/aromatic N) is 2. The number of hydrogen-bond donors (Lipinski definition) is 1. The second-order valence-corrected chi connectivity index (χ2v) is 13.2. The van der Waals surface area contributed by atoms with Gasteiger partial charge in [0.25, 0.3) is 0 Å². The van der Waals surface area contributed by atoms with Gasteiger partial charge in [-0.25, -0.2) is 13.2 Å². The third-order valence-corrected chi connectivity index (χ3v) is 10.6. The number of hydrogen-bond acceptors (Lipinski definition) is 7. The zero-order valence-corrected chi connectivity index (χ0v) is 23.9. The average molecular weight is 548 g/mol. The smallest absolute Gasteiger partial charge is 0.341 e. The fraction of sp³-hybridized carbons (Fsp3) is 0.556. The molecular weight excluding hydrogens is 510 g/mol. The molecule has 0 spiro atoms. The standard InChI is InChI=1S/C27H37N3O5S2/c1-6-35-27(32)24-21-10-8-17(2)15-22(21)36-26(24)28-25(31)20(5)29-11-13-30(14-12-29)37(33,34)23-16-18(3)7-9-19(23)4/h7,9,16-17,20H,6,8,10-15H2,1-5H3,(H,28,31)/t17-,20+/m1/s1. The summed E-state index contributed by atoms with van der Waals surface area (Å²) in [5, 5.41) is 3.57. The van der Waals surface area contributed by atoms with Crippen LogP contribution in [0.15, 0.2) is 23.1 Å². The van der Waals surface area contributed by atoms with Crippen LogP contribution in [0.5, 0.6) is 0 Å². The molecular formula is C27H37N3O5S2. The number of nitrogens with one attached hydrogen (secondary N) is 1. The molecule has 4 rings (SSSR count). The number of rotatable bonds is 7. The van der Waals surface area contributed by atoms with Gasteiger partial charge in [0.2, 0.25) is 15.9 Å². The second-order valence-electron chi connectivity index (χ2n) is 10.2. The normalized spacial score (nSPS) is 19.8. The van der Waals surface area contributed by atoms with Crippen LogP contribution >= 0.6 is 11.3 Å². The van der Waals surface area contributed by atoms with Crippen LogP contribution in [-0.4, -0.2) is 68.3 Å². The molecule has 0 saturated carbocycles. The summed E-state index contributed by atoms with van der Waals surface area (Å²) in [7, 11) is -3.60. The molecule has 2 atom stereocenters. The van der Waals surface area contributed by atoms with Gasteiger partial charge in [0, 0.05) is 31.1 Å². The summed E-state index contributed by atoms with van der Waals surface area (Å²) in [5.74, 6) is -0.0503. The number of carbonyl (C=O) groups excluding carboxylic acids is 2. The van der Waals surface area contributed by atoms with Crippen LogP contribution in [0.3, 0.4) is 0 Å². The van der Waals surface area contributed by atoms with Gasteiger partial charge in [0.15, 0.2) is 0 Å². The molecule has 1 aliphatic heterocycles. The Hall–Kier alpha value is -2.27. The molecule has 8 nitrogen and oxygen atoms in total. The summed E-state index contributed by atoms with van der Waals surface area (Å²) in [6, 6.07) is 4.98. The van der Waals surface area contributed by atoms with Crippen LogP contribution in [0, 0.1) is 19.8 Å². The van der Waals surface area contributed by atoms with Crippen LogP contribution in [0.2, 0.25) is 0 Å². The number of benzene rings is 1. The Labute approximate surface area is 224 Å². The highest BCUT2D eigenvalue weighted by Crippen LogP contribution is 2.40. The molecule has 1 amide bonds. The summed E-state index contributed by atoms with van der Waals surface area (Å²) in [6.45, 7) is 11.3. The summed E-state index contributed by atoms with van der Waals surface area (Å²) in [4.78, 5) is 29.5. The Morgan fingerprint density at radius 1 is 1.19 bits per heavy atom. The number of fused-ring (bicyclic) bond motifs is 1. The van der Waals surface area contributed by atoms with Crippen molar-refractivity contribution < 1.29 is 22.7 Å². The van der Waals surface area contributed by atoms with Crippen molar-refractivity contribution >= 4 is 38.2 Å². The van der Waals surface area contributed by atoms with E-state index in [4.69, 9.17) is 4.74 Å². The monoisotopic (exact) mass is 547 g/mol. The second kappa shape index (κ2) is 11.2. The fourth-order valence-corrected chi connectivity index (χ4v) is 8.23. The van der Waals surface area contributed by atoms with Crippen LogP contribution in [0.4, 0.5) is 5.00 Å². The first-order chi connectivity index (χ1) is 17.5. The minimum atomic E-state index is -3.60. The van der Waals surface area contributed by atoms with Gasteiger partial charge in [0.05, 0.1) is 23.1 Å². The quantitative estimate of drug-likeness (QED) is 0.527. The van der Waals surface area contributed by atoms with Gasteiger partial charge in [-0.1, -0.05) is 19.1 Å². The SMILES string of the molecule is CCOC(=O)c1c(NC(=O)[C@H](C)N2CCN(S(=O)(=O)c3cc(C)ccc3C)CC2)sc2c1CC[C@@H](C)C2. The molecule has 10 heteroatoms. The molecule has 1 saturated heterocycles. The maximum atomic E-state index is 13.3. The van der Waals surface area contributed by atoms with E-state index < -0.39 is 16.1 Å². The van der Waals surface area contributed by atoms with E-state index in [0.717, 1.165) is 40.8 Å². The van der Waals surface area contributed by atoms with E-state index >= 15 is 0 Å². The van der Waals surface area contributed by atoms with Gasteiger partial charge < -0.3 is 10.1 Å². The molecule has 2 aromatic rings. The molecule has 2 heterocycles. The van der Waals surface area contributed by atoms with Crippen molar-refractivity contribution in [3.05, 3.63) is 45.3 Å². The molecule has 1 aliphatic carbocycles. The predicted molar refractivity (Wildman–Crippen MR) is 146 cm³/mol. The lowest BCUT2D eigenvalue weighted by atomic mass is 9.88. The highest BCUT2D eigenvalue weighted by molar-refractivity contribution is 7.89. The Balaban J connectivity index is 1.45. The van der Waals surface area contributed by atoms with E-state index in [1.165, 1.54) is 15.6 Å². The third-order valence-electron chi connectivity index (χ3n) is 7.39. The van der Waals surface area contributed by atoms with E-state index in [-0.39, 0.29) is 18.5 Å². The molecule has 0 radical (unpaired) electrons. The van der Waals surface area contributed by atoms with Gasteiger partial charge in [-0.05, 0) is 75.6 Å². The Kier molecular flexibility index (Phi) is 8.42. The van der Waals surface area contributed by atoms with E-state index in [2.05, 4.69) is 12.2 Å². The van der Waals surface area contributed by atoms with Crippen LogP contribution in [-0.2, 0) is 32.4 Å². The summed E-state index contributed by atoms with van der Waals surface area (Å²) >= 11 is 1.48. The van der Waals surface area contributed by atoms with Crippen molar-refractivity contribution in [3.8, 4) is 0 Å².